The Hall–Kier alpha value is -2.04. The topological polar surface area (TPSA) is 98.0 Å². The molecule has 0 spiro atoms. The van der Waals surface area contributed by atoms with Gasteiger partial charge < -0.3 is 9.30 Å². The second-order valence-corrected chi connectivity index (χ2v) is 9.58. The molecule has 3 rings (SSSR count). The summed E-state index contributed by atoms with van der Waals surface area (Å²) in [6, 6.07) is 4.43. The minimum atomic E-state index is -3.47. The highest BCUT2D eigenvalue weighted by molar-refractivity contribution is 7.88. The normalized spacial score (nSPS) is 19.1. The Morgan fingerprint density at radius 3 is 2.71 bits per heavy atom. The van der Waals surface area contributed by atoms with Crippen molar-refractivity contribution in [1.29, 1.82) is 0 Å². The molecular formula is C18H23N3O5S2. The maximum atomic E-state index is 12.8. The van der Waals surface area contributed by atoms with Crippen molar-refractivity contribution in [1.82, 2.24) is 8.87 Å². The Kier molecular flexibility index (Phi) is 6.01. The Morgan fingerprint density at radius 1 is 1.32 bits per heavy atom. The van der Waals surface area contributed by atoms with Gasteiger partial charge in [0.2, 0.25) is 10.0 Å². The molecule has 2 aromatic rings. The number of carbonyl (C=O) groups is 2. The van der Waals surface area contributed by atoms with Gasteiger partial charge in [-0.2, -0.15) is 9.30 Å². The Balaban J connectivity index is 2.05. The first-order chi connectivity index (χ1) is 13.3. The monoisotopic (exact) mass is 425 g/mol. The largest absolute Gasteiger partial charge is 0.465 e. The lowest BCUT2D eigenvalue weighted by atomic mass is 10.0. The van der Waals surface area contributed by atoms with Crippen molar-refractivity contribution in [2.75, 3.05) is 19.9 Å². The van der Waals surface area contributed by atoms with E-state index in [9.17, 15) is 18.0 Å². The first-order valence-electron chi connectivity index (χ1n) is 9.03. The molecule has 152 valence electrons. The summed E-state index contributed by atoms with van der Waals surface area (Å²) >= 11 is 1.29. The van der Waals surface area contributed by atoms with E-state index < -0.39 is 27.9 Å². The van der Waals surface area contributed by atoms with Crippen molar-refractivity contribution < 1.29 is 22.7 Å². The molecule has 8 nitrogen and oxygen atoms in total. The van der Waals surface area contributed by atoms with E-state index in [4.69, 9.17) is 4.74 Å². The van der Waals surface area contributed by atoms with Gasteiger partial charge >= 0.3 is 5.97 Å². The molecule has 0 bridgehead atoms. The fourth-order valence-electron chi connectivity index (χ4n) is 3.43. The number of esters is 1. The quantitative estimate of drug-likeness (QED) is 0.695. The molecule has 10 heteroatoms. The molecule has 1 fully saturated rings. The molecular weight excluding hydrogens is 402 g/mol. The molecule has 1 aromatic carbocycles. The van der Waals surface area contributed by atoms with Gasteiger partial charge in [-0.1, -0.05) is 17.8 Å². The average molecular weight is 426 g/mol. The average Bonchev–Trinajstić information content (AvgIpc) is 3.02. The number of aryl methyl sites for hydroxylation is 1. The summed E-state index contributed by atoms with van der Waals surface area (Å²) in [6.07, 6.45) is 3.13. The van der Waals surface area contributed by atoms with E-state index in [0.29, 0.717) is 29.9 Å². The minimum absolute atomic E-state index is 0.341. The molecule has 28 heavy (non-hydrogen) atoms. The van der Waals surface area contributed by atoms with E-state index in [1.165, 1.54) is 22.8 Å². The van der Waals surface area contributed by atoms with Crippen LogP contribution in [0.1, 0.15) is 36.5 Å². The summed E-state index contributed by atoms with van der Waals surface area (Å²) in [5, 5.41) is 0. The molecule has 2 heterocycles. The highest BCUT2D eigenvalue weighted by atomic mass is 32.2. The van der Waals surface area contributed by atoms with Gasteiger partial charge in [-0.05, 0) is 38.0 Å². The van der Waals surface area contributed by atoms with Crippen LogP contribution < -0.4 is 4.80 Å². The van der Waals surface area contributed by atoms with Crippen molar-refractivity contribution >= 4 is 43.5 Å². The highest BCUT2D eigenvalue weighted by Crippen LogP contribution is 2.22. The molecule has 1 aliphatic rings. The van der Waals surface area contributed by atoms with E-state index >= 15 is 0 Å². The number of sulfonamides is 1. The van der Waals surface area contributed by atoms with Gasteiger partial charge in [0.05, 0.1) is 29.1 Å². The van der Waals surface area contributed by atoms with Crippen molar-refractivity contribution in [3.8, 4) is 0 Å². The minimum Gasteiger partial charge on any atom is -0.465 e. The maximum absolute atomic E-state index is 12.8. The number of ether oxygens (including phenoxy) is 1. The molecule has 0 saturated carbocycles. The van der Waals surface area contributed by atoms with E-state index in [0.717, 1.165) is 29.3 Å². The highest BCUT2D eigenvalue weighted by Gasteiger charge is 2.34. The lowest BCUT2D eigenvalue weighted by Gasteiger charge is -2.31. The summed E-state index contributed by atoms with van der Waals surface area (Å²) in [5.41, 5.74) is 1.28. The number of amides is 1. The van der Waals surface area contributed by atoms with Crippen molar-refractivity contribution in [2.45, 2.75) is 38.8 Å². The van der Waals surface area contributed by atoms with Gasteiger partial charge in [0.15, 0.2) is 4.80 Å². The van der Waals surface area contributed by atoms with Crippen LogP contribution in [0.15, 0.2) is 23.2 Å². The molecule has 1 aliphatic heterocycles. The number of hydrogen-bond acceptors (Lipinski definition) is 6. The summed E-state index contributed by atoms with van der Waals surface area (Å²) in [5.74, 6) is -0.883. The number of aromatic nitrogens is 1. The van der Waals surface area contributed by atoms with Crippen molar-refractivity contribution in [3.05, 3.63) is 28.6 Å². The van der Waals surface area contributed by atoms with Crippen LogP contribution in [-0.4, -0.2) is 55.1 Å². The second-order valence-electron chi connectivity index (χ2n) is 6.64. The molecule has 1 saturated heterocycles. The fourth-order valence-corrected chi connectivity index (χ4v) is 5.68. The lowest BCUT2D eigenvalue weighted by Crippen LogP contribution is -2.47. The smallest absolute Gasteiger partial charge is 0.337 e. The van der Waals surface area contributed by atoms with Crippen LogP contribution in [-0.2, 0) is 26.1 Å². The zero-order valence-corrected chi connectivity index (χ0v) is 17.7. The zero-order chi connectivity index (χ0) is 20.5. The van der Waals surface area contributed by atoms with Gasteiger partial charge in [-0.3, -0.25) is 4.79 Å². The van der Waals surface area contributed by atoms with Gasteiger partial charge in [0.25, 0.3) is 5.91 Å². The lowest BCUT2D eigenvalue weighted by molar-refractivity contribution is -0.122. The van der Waals surface area contributed by atoms with Crippen molar-refractivity contribution in [3.63, 3.8) is 0 Å². The third-order valence-corrected chi connectivity index (χ3v) is 7.12. The third kappa shape index (κ3) is 4.03. The second kappa shape index (κ2) is 8.14. The third-order valence-electron chi connectivity index (χ3n) is 4.79. The number of fused-ring (bicyclic) bond motifs is 1. The number of methoxy groups -OCH3 is 1. The van der Waals surface area contributed by atoms with E-state index in [-0.39, 0.29) is 0 Å². The molecule has 0 radical (unpaired) electrons. The Labute approximate surface area is 167 Å². The summed E-state index contributed by atoms with van der Waals surface area (Å²) in [4.78, 5) is 29.4. The van der Waals surface area contributed by atoms with E-state index in [2.05, 4.69) is 4.99 Å². The number of thiazole rings is 1. The number of carbonyl (C=O) groups excluding carboxylic acids is 2. The molecule has 1 atom stereocenters. The van der Waals surface area contributed by atoms with Crippen LogP contribution in [0.5, 0.6) is 0 Å². The van der Waals surface area contributed by atoms with Crippen molar-refractivity contribution in [2.24, 2.45) is 4.99 Å². The van der Waals surface area contributed by atoms with Gasteiger partial charge in [-0.25, -0.2) is 13.2 Å². The SMILES string of the molecule is CCn1c(=NC(=O)C2CCCCN2S(C)(=O)=O)sc2cc(C(=O)OC)ccc21. The predicted octanol–water partition coefficient (Wildman–Crippen LogP) is 1.75. The first-order valence-corrected chi connectivity index (χ1v) is 11.7. The van der Waals surface area contributed by atoms with E-state index in [1.807, 2.05) is 11.5 Å². The molecule has 0 N–H and O–H groups in total. The van der Waals surface area contributed by atoms with Crippen LogP contribution in [0, 0.1) is 0 Å². The molecule has 1 aromatic heterocycles. The number of piperidine rings is 1. The maximum Gasteiger partial charge on any atom is 0.337 e. The Bertz CT molecular complexity index is 1080. The van der Waals surface area contributed by atoms with Crippen LogP contribution in [0.3, 0.4) is 0 Å². The zero-order valence-electron chi connectivity index (χ0n) is 16.0. The van der Waals surface area contributed by atoms with Crippen LogP contribution >= 0.6 is 11.3 Å². The summed E-state index contributed by atoms with van der Waals surface area (Å²) in [6.45, 7) is 2.87. The molecule has 1 amide bonds. The summed E-state index contributed by atoms with van der Waals surface area (Å²) in [7, 11) is -2.15. The van der Waals surface area contributed by atoms with Gasteiger partial charge in [0.1, 0.15) is 6.04 Å². The predicted molar refractivity (Wildman–Crippen MR) is 107 cm³/mol. The van der Waals surface area contributed by atoms with Gasteiger partial charge in [-0.15, -0.1) is 0 Å². The first kappa shape index (κ1) is 20.7. The molecule has 0 aliphatic carbocycles. The summed E-state index contributed by atoms with van der Waals surface area (Å²) < 4.78 is 32.8. The molecule has 1 unspecified atom stereocenters. The number of benzene rings is 1. The number of nitrogens with zero attached hydrogens (tertiary/aromatic N) is 3. The fraction of sp³-hybridized carbons (Fsp3) is 0.500. The van der Waals surface area contributed by atoms with Crippen LogP contribution in [0.2, 0.25) is 0 Å². The van der Waals surface area contributed by atoms with Gasteiger partial charge in [0, 0.05) is 13.1 Å². The van der Waals surface area contributed by atoms with Crippen LogP contribution in [0.4, 0.5) is 0 Å². The standard InChI is InChI=1S/C18H23N3O5S2/c1-4-20-13-9-8-12(17(23)26-2)11-15(13)27-18(20)19-16(22)14-7-5-6-10-21(14)28(3,24)25/h8-9,11,14H,4-7,10H2,1-3H3. The number of rotatable bonds is 4. The Morgan fingerprint density at radius 2 is 2.07 bits per heavy atom. The number of hydrogen-bond donors (Lipinski definition) is 0. The van der Waals surface area contributed by atoms with Crippen LogP contribution in [0.25, 0.3) is 10.2 Å². The van der Waals surface area contributed by atoms with E-state index in [1.54, 1.807) is 18.2 Å².